The van der Waals surface area contributed by atoms with Gasteiger partial charge in [0.15, 0.2) is 6.61 Å². The van der Waals surface area contributed by atoms with Crippen LogP contribution >= 0.6 is 0 Å². The van der Waals surface area contributed by atoms with Crippen LogP contribution in [0.25, 0.3) is 0 Å². The summed E-state index contributed by atoms with van der Waals surface area (Å²) in [5, 5.41) is 8.19. The van der Waals surface area contributed by atoms with Crippen molar-refractivity contribution in [2.24, 2.45) is 0 Å². The molecule has 0 bridgehead atoms. The topological polar surface area (TPSA) is 106 Å². The van der Waals surface area contributed by atoms with Crippen LogP contribution in [0.5, 0.6) is 11.5 Å². The van der Waals surface area contributed by atoms with Gasteiger partial charge in [-0.1, -0.05) is 6.07 Å². The van der Waals surface area contributed by atoms with E-state index in [4.69, 9.17) is 9.47 Å². The van der Waals surface area contributed by atoms with Crippen molar-refractivity contribution in [3.05, 3.63) is 54.1 Å². The maximum atomic E-state index is 12.4. The number of carbonyl (C=O) groups is 3. The fourth-order valence-electron chi connectivity index (χ4n) is 2.57. The lowest BCUT2D eigenvalue weighted by atomic mass is 10.1. The van der Waals surface area contributed by atoms with Crippen LogP contribution in [0.2, 0.25) is 0 Å². The highest BCUT2D eigenvalue weighted by molar-refractivity contribution is 5.97. The summed E-state index contributed by atoms with van der Waals surface area (Å²) in [5.74, 6) is 0.115. The predicted molar refractivity (Wildman–Crippen MR) is 118 cm³/mol. The summed E-state index contributed by atoms with van der Waals surface area (Å²) >= 11 is 0. The van der Waals surface area contributed by atoms with Crippen molar-refractivity contribution in [2.75, 3.05) is 19.0 Å². The second kappa shape index (κ2) is 10.5. The van der Waals surface area contributed by atoms with Crippen LogP contribution < -0.4 is 25.4 Å². The number of hydrogen-bond acceptors (Lipinski definition) is 5. The van der Waals surface area contributed by atoms with Crippen molar-refractivity contribution in [3.63, 3.8) is 0 Å². The van der Waals surface area contributed by atoms with E-state index >= 15 is 0 Å². The Bertz CT molecular complexity index is 920. The SMILES string of the molecule is COc1cccc(NC(=O)COc2ccc(C(=O)NC(C)C(=O)NC(C)(C)C)cc2)c1. The Hall–Kier alpha value is -3.55. The normalized spacial score (nSPS) is 11.8. The van der Waals surface area contributed by atoms with Gasteiger partial charge in [-0.15, -0.1) is 0 Å². The molecule has 0 saturated heterocycles. The van der Waals surface area contributed by atoms with Gasteiger partial charge in [-0.05, 0) is 64.1 Å². The fourth-order valence-corrected chi connectivity index (χ4v) is 2.57. The number of rotatable bonds is 8. The van der Waals surface area contributed by atoms with Gasteiger partial charge in [0.2, 0.25) is 5.91 Å². The Balaban J connectivity index is 1.84. The van der Waals surface area contributed by atoms with Crippen molar-refractivity contribution in [1.82, 2.24) is 10.6 Å². The van der Waals surface area contributed by atoms with E-state index in [0.29, 0.717) is 22.7 Å². The zero-order valence-corrected chi connectivity index (χ0v) is 18.4. The minimum absolute atomic E-state index is 0.188. The number of amides is 3. The molecular weight excluding hydrogens is 398 g/mol. The molecule has 1 atom stereocenters. The molecule has 2 aromatic carbocycles. The van der Waals surface area contributed by atoms with Gasteiger partial charge in [0.05, 0.1) is 7.11 Å². The molecule has 8 heteroatoms. The van der Waals surface area contributed by atoms with E-state index in [9.17, 15) is 14.4 Å². The van der Waals surface area contributed by atoms with Gasteiger partial charge in [0, 0.05) is 22.9 Å². The van der Waals surface area contributed by atoms with Gasteiger partial charge in [0.1, 0.15) is 17.5 Å². The molecule has 2 aromatic rings. The van der Waals surface area contributed by atoms with E-state index < -0.39 is 6.04 Å². The van der Waals surface area contributed by atoms with Crippen LogP contribution in [-0.4, -0.2) is 43.0 Å². The summed E-state index contributed by atoms with van der Waals surface area (Å²) in [7, 11) is 1.55. The Labute approximate surface area is 182 Å². The molecule has 3 amide bonds. The van der Waals surface area contributed by atoms with E-state index in [2.05, 4.69) is 16.0 Å². The third-order valence-electron chi connectivity index (χ3n) is 4.08. The predicted octanol–water partition coefficient (Wildman–Crippen LogP) is 2.75. The van der Waals surface area contributed by atoms with Gasteiger partial charge >= 0.3 is 0 Å². The van der Waals surface area contributed by atoms with Crippen LogP contribution in [0.1, 0.15) is 38.1 Å². The number of methoxy groups -OCH3 is 1. The van der Waals surface area contributed by atoms with Crippen LogP contribution in [0.15, 0.2) is 48.5 Å². The van der Waals surface area contributed by atoms with Gasteiger partial charge in [-0.3, -0.25) is 14.4 Å². The lowest BCUT2D eigenvalue weighted by Gasteiger charge is -2.23. The van der Waals surface area contributed by atoms with Gasteiger partial charge < -0.3 is 25.4 Å². The average molecular weight is 428 g/mol. The molecule has 2 rings (SSSR count). The molecule has 0 aromatic heterocycles. The van der Waals surface area contributed by atoms with Crippen molar-refractivity contribution in [1.29, 1.82) is 0 Å². The van der Waals surface area contributed by atoms with Crippen molar-refractivity contribution < 1.29 is 23.9 Å². The summed E-state index contributed by atoms with van der Waals surface area (Å²) < 4.78 is 10.6. The fraction of sp³-hybridized carbons (Fsp3) is 0.348. The number of carbonyl (C=O) groups excluding carboxylic acids is 3. The first-order chi connectivity index (χ1) is 14.6. The van der Waals surface area contributed by atoms with E-state index in [1.165, 1.54) is 0 Å². The smallest absolute Gasteiger partial charge is 0.262 e. The molecule has 31 heavy (non-hydrogen) atoms. The molecule has 3 N–H and O–H groups in total. The first-order valence-corrected chi connectivity index (χ1v) is 9.87. The van der Waals surface area contributed by atoms with Gasteiger partial charge in [-0.25, -0.2) is 0 Å². The number of anilines is 1. The number of ether oxygens (including phenoxy) is 2. The summed E-state index contributed by atoms with van der Waals surface area (Å²) in [6, 6.07) is 12.6. The first kappa shape index (κ1) is 23.7. The highest BCUT2D eigenvalue weighted by Crippen LogP contribution is 2.17. The quantitative estimate of drug-likeness (QED) is 0.601. The lowest BCUT2D eigenvalue weighted by molar-refractivity contribution is -0.124. The summed E-state index contributed by atoms with van der Waals surface area (Å²) in [4.78, 5) is 36.5. The molecule has 0 fully saturated rings. The Morgan fingerprint density at radius 3 is 2.29 bits per heavy atom. The van der Waals surface area contributed by atoms with E-state index in [1.807, 2.05) is 20.8 Å². The Morgan fingerprint density at radius 1 is 1.00 bits per heavy atom. The average Bonchev–Trinajstić information content (AvgIpc) is 2.71. The van der Waals surface area contributed by atoms with E-state index in [-0.39, 0.29) is 29.9 Å². The summed E-state index contributed by atoms with van der Waals surface area (Å²) in [6.45, 7) is 7.05. The minimum Gasteiger partial charge on any atom is -0.497 e. The largest absolute Gasteiger partial charge is 0.497 e. The zero-order chi connectivity index (χ0) is 23.0. The van der Waals surface area contributed by atoms with Crippen LogP contribution in [0.3, 0.4) is 0 Å². The maximum absolute atomic E-state index is 12.4. The highest BCUT2D eigenvalue weighted by Gasteiger charge is 2.21. The number of hydrogen-bond donors (Lipinski definition) is 3. The highest BCUT2D eigenvalue weighted by atomic mass is 16.5. The number of nitrogens with one attached hydrogen (secondary N) is 3. The molecule has 8 nitrogen and oxygen atoms in total. The summed E-state index contributed by atoms with van der Waals surface area (Å²) in [5.41, 5.74) is 0.599. The monoisotopic (exact) mass is 427 g/mol. The molecule has 0 heterocycles. The third kappa shape index (κ3) is 8.00. The molecule has 1 unspecified atom stereocenters. The maximum Gasteiger partial charge on any atom is 0.262 e. The third-order valence-corrected chi connectivity index (χ3v) is 4.08. The lowest BCUT2D eigenvalue weighted by Crippen LogP contribution is -2.50. The number of benzene rings is 2. The van der Waals surface area contributed by atoms with Crippen LogP contribution in [0.4, 0.5) is 5.69 Å². The van der Waals surface area contributed by atoms with E-state index in [1.54, 1.807) is 62.6 Å². The molecule has 0 spiro atoms. The Morgan fingerprint density at radius 2 is 1.68 bits per heavy atom. The second-order valence-electron chi connectivity index (χ2n) is 8.03. The minimum atomic E-state index is -0.678. The van der Waals surface area contributed by atoms with E-state index in [0.717, 1.165) is 0 Å². The molecule has 166 valence electrons. The molecular formula is C23H29N3O5. The molecule has 0 aliphatic rings. The second-order valence-corrected chi connectivity index (χ2v) is 8.03. The molecule has 0 radical (unpaired) electrons. The first-order valence-electron chi connectivity index (χ1n) is 9.87. The van der Waals surface area contributed by atoms with Crippen molar-refractivity contribution >= 4 is 23.4 Å². The van der Waals surface area contributed by atoms with Crippen LogP contribution in [-0.2, 0) is 9.59 Å². The van der Waals surface area contributed by atoms with Crippen molar-refractivity contribution in [2.45, 2.75) is 39.3 Å². The molecule has 0 aliphatic carbocycles. The van der Waals surface area contributed by atoms with Gasteiger partial charge in [-0.2, -0.15) is 0 Å². The summed E-state index contributed by atoms with van der Waals surface area (Å²) in [6.07, 6.45) is 0. The zero-order valence-electron chi connectivity index (χ0n) is 18.4. The Kier molecular flexibility index (Phi) is 8.01. The van der Waals surface area contributed by atoms with Gasteiger partial charge in [0.25, 0.3) is 11.8 Å². The molecule has 0 aliphatic heterocycles. The van der Waals surface area contributed by atoms with Crippen molar-refractivity contribution in [3.8, 4) is 11.5 Å². The standard InChI is InChI=1S/C23H29N3O5/c1-15(21(28)26-23(2,3)4)24-22(29)16-9-11-18(12-10-16)31-14-20(27)25-17-7-6-8-19(13-17)30-5/h6-13,15H,14H2,1-5H3,(H,24,29)(H,25,27)(H,26,28). The molecule has 0 saturated carbocycles. The van der Waals surface area contributed by atoms with Crippen LogP contribution in [0, 0.1) is 0 Å².